The standard InChI is InChI=1S/C19H21N5O2/c1-11-12(9-10-15(22-11)26-2)5-3-6-13-7-4-8-14-16(20)18(19(21)25)24-23-17(13)14/h4,7-10H,3,5-6H2,1-2H3,(H2,20,23)(H2,21,25). The van der Waals surface area contributed by atoms with Gasteiger partial charge in [-0.1, -0.05) is 24.3 Å². The number of nitrogens with two attached hydrogens (primary N) is 2. The normalized spacial score (nSPS) is 10.8. The van der Waals surface area contributed by atoms with Crippen molar-refractivity contribution in [2.45, 2.75) is 26.2 Å². The molecule has 7 heteroatoms. The fourth-order valence-electron chi connectivity index (χ4n) is 3.01. The highest BCUT2D eigenvalue weighted by molar-refractivity contribution is 6.04. The van der Waals surface area contributed by atoms with Crippen LogP contribution >= 0.6 is 0 Å². The molecule has 0 aliphatic carbocycles. The number of aryl methyl sites for hydroxylation is 3. The maximum atomic E-state index is 11.4. The number of primary amides is 1. The highest BCUT2D eigenvalue weighted by Crippen LogP contribution is 2.25. The zero-order valence-corrected chi connectivity index (χ0v) is 14.8. The number of nitrogen functional groups attached to an aromatic ring is 1. The predicted octanol–water partition coefficient (Wildman–Crippen LogP) is 2.20. The summed E-state index contributed by atoms with van der Waals surface area (Å²) in [5, 5.41) is 8.76. The van der Waals surface area contributed by atoms with Crippen LogP contribution in [0.1, 0.15) is 33.7 Å². The summed E-state index contributed by atoms with van der Waals surface area (Å²) in [6.07, 6.45) is 2.63. The number of hydrogen-bond acceptors (Lipinski definition) is 6. The number of carbonyl (C=O) groups excluding carboxylic acids is 1. The molecule has 0 unspecified atom stereocenters. The van der Waals surface area contributed by atoms with E-state index in [-0.39, 0.29) is 11.4 Å². The van der Waals surface area contributed by atoms with Gasteiger partial charge in [-0.3, -0.25) is 4.79 Å². The molecule has 26 heavy (non-hydrogen) atoms. The summed E-state index contributed by atoms with van der Waals surface area (Å²) < 4.78 is 5.14. The molecule has 4 N–H and O–H groups in total. The molecular weight excluding hydrogens is 330 g/mol. The van der Waals surface area contributed by atoms with Gasteiger partial charge in [-0.2, -0.15) is 0 Å². The Morgan fingerprint density at radius 1 is 1.12 bits per heavy atom. The average Bonchev–Trinajstić information content (AvgIpc) is 2.63. The molecule has 7 nitrogen and oxygen atoms in total. The number of hydrogen-bond donors (Lipinski definition) is 2. The number of amides is 1. The summed E-state index contributed by atoms with van der Waals surface area (Å²) >= 11 is 0. The minimum absolute atomic E-state index is 0.00887. The number of rotatable bonds is 6. The van der Waals surface area contributed by atoms with Crippen molar-refractivity contribution in [2.75, 3.05) is 12.8 Å². The van der Waals surface area contributed by atoms with Gasteiger partial charge < -0.3 is 16.2 Å². The van der Waals surface area contributed by atoms with Gasteiger partial charge in [0.1, 0.15) is 0 Å². The lowest BCUT2D eigenvalue weighted by Gasteiger charge is -2.10. The lowest BCUT2D eigenvalue weighted by molar-refractivity contribution is 0.0996. The minimum atomic E-state index is -0.676. The van der Waals surface area contributed by atoms with Crippen LogP contribution in [0.2, 0.25) is 0 Å². The van der Waals surface area contributed by atoms with Gasteiger partial charge in [-0.05, 0) is 37.3 Å². The van der Waals surface area contributed by atoms with E-state index in [1.807, 2.05) is 37.3 Å². The SMILES string of the molecule is COc1ccc(CCCc2cccc3c(N)c(C(N)=O)nnc23)c(C)n1. The van der Waals surface area contributed by atoms with E-state index in [1.165, 1.54) is 5.56 Å². The third-order valence-electron chi connectivity index (χ3n) is 4.42. The molecule has 1 aromatic carbocycles. The molecule has 2 aromatic heterocycles. The second-order valence-electron chi connectivity index (χ2n) is 6.09. The van der Waals surface area contributed by atoms with E-state index < -0.39 is 5.91 Å². The van der Waals surface area contributed by atoms with Crippen molar-refractivity contribution < 1.29 is 9.53 Å². The Labute approximate surface area is 151 Å². The van der Waals surface area contributed by atoms with Crippen LogP contribution in [0.25, 0.3) is 10.9 Å². The van der Waals surface area contributed by atoms with E-state index in [1.54, 1.807) is 7.11 Å². The van der Waals surface area contributed by atoms with Crippen LogP contribution in [0.15, 0.2) is 30.3 Å². The zero-order valence-electron chi connectivity index (χ0n) is 14.8. The molecule has 0 atom stereocenters. The molecule has 0 spiro atoms. The Morgan fingerprint density at radius 2 is 1.88 bits per heavy atom. The molecule has 3 rings (SSSR count). The molecule has 2 heterocycles. The molecule has 3 aromatic rings. The Balaban J connectivity index is 1.79. The van der Waals surface area contributed by atoms with Gasteiger partial charge in [-0.25, -0.2) is 4.98 Å². The number of benzene rings is 1. The number of carbonyl (C=O) groups is 1. The van der Waals surface area contributed by atoms with Crippen molar-refractivity contribution in [1.82, 2.24) is 15.2 Å². The van der Waals surface area contributed by atoms with Crippen LogP contribution in [0, 0.1) is 6.92 Å². The van der Waals surface area contributed by atoms with Crippen molar-refractivity contribution in [1.29, 1.82) is 0 Å². The molecule has 0 saturated heterocycles. The number of pyridine rings is 1. The van der Waals surface area contributed by atoms with Crippen LogP contribution in [-0.4, -0.2) is 28.2 Å². The van der Waals surface area contributed by atoms with E-state index >= 15 is 0 Å². The molecule has 0 saturated carbocycles. The van der Waals surface area contributed by atoms with Crippen LogP contribution < -0.4 is 16.2 Å². The van der Waals surface area contributed by atoms with Crippen molar-refractivity contribution in [3.63, 3.8) is 0 Å². The van der Waals surface area contributed by atoms with Crippen molar-refractivity contribution in [2.24, 2.45) is 5.73 Å². The fourth-order valence-corrected chi connectivity index (χ4v) is 3.01. The highest BCUT2D eigenvalue weighted by atomic mass is 16.5. The van der Waals surface area contributed by atoms with Crippen LogP contribution in [0.5, 0.6) is 5.88 Å². The summed E-state index contributed by atoms with van der Waals surface area (Å²) in [4.78, 5) is 15.8. The Morgan fingerprint density at radius 3 is 2.58 bits per heavy atom. The second-order valence-corrected chi connectivity index (χ2v) is 6.09. The first-order valence-corrected chi connectivity index (χ1v) is 8.35. The molecule has 1 amide bonds. The Bertz CT molecular complexity index is 972. The summed E-state index contributed by atoms with van der Waals surface area (Å²) in [6.45, 7) is 1.98. The zero-order chi connectivity index (χ0) is 18.7. The third-order valence-corrected chi connectivity index (χ3v) is 4.42. The van der Waals surface area contributed by atoms with Crippen molar-refractivity contribution in [3.8, 4) is 5.88 Å². The van der Waals surface area contributed by atoms with Crippen LogP contribution in [0.3, 0.4) is 0 Å². The molecule has 0 aliphatic heterocycles. The topological polar surface area (TPSA) is 117 Å². The van der Waals surface area contributed by atoms with Gasteiger partial charge in [0.2, 0.25) is 5.88 Å². The highest BCUT2D eigenvalue weighted by Gasteiger charge is 2.14. The molecular formula is C19H21N5O2. The number of anilines is 1. The molecule has 0 aliphatic rings. The van der Waals surface area contributed by atoms with Crippen molar-refractivity contribution >= 4 is 22.5 Å². The van der Waals surface area contributed by atoms with Gasteiger partial charge in [0.05, 0.1) is 18.3 Å². The predicted molar refractivity (Wildman–Crippen MR) is 100 cm³/mol. The number of methoxy groups -OCH3 is 1. The number of ether oxygens (including phenoxy) is 1. The van der Waals surface area contributed by atoms with E-state index in [2.05, 4.69) is 15.2 Å². The van der Waals surface area contributed by atoms with Crippen LogP contribution in [-0.2, 0) is 12.8 Å². The summed E-state index contributed by atoms with van der Waals surface area (Å²) in [5.41, 5.74) is 15.5. The largest absolute Gasteiger partial charge is 0.481 e. The molecule has 134 valence electrons. The van der Waals surface area contributed by atoms with Crippen molar-refractivity contribution in [3.05, 3.63) is 52.8 Å². The lowest BCUT2D eigenvalue weighted by atomic mass is 10.0. The van der Waals surface area contributed by atoms with E-state index in [4.69, 9.17) is 16.2 Å². The first kappa shape index (κ1) is 17.6. The Kier molecular flexibility index (Phi) is 4.97. The smallest absolute Gasteiger partial charge is 0.271 e. The fraction of sp³-hybridized carbons (Fsp3) is 0.263. The van der Waals surface area contributed by atoms with Gasteiger partial charge in [0.15, 0.2) is 5.69 Å². The Hall–Kier alpha value is -3.22. The van der Waals surface area contributed by atoms with E-state index in [0.29, 0.717) is 16.8 Å². The van der Waals surface area contributed by atoms with Gasteiger partial charge in [0, 0.05) is 17.1 Å². The summed E-state index contributed by atoms with van der Waals surface area (Å²) in [6, 6.07) is 9.64. The minimum Gasteiger partial charge on any atom is -0.481 e. The summed E-state index contributed by atoms with van der Waals surface area (Å²) in [5.74, 6) is -0.0545. The van der Waals surface area contributed by atoms with Gasteiger partial charge in [0.25, 0.3) is 5.91 Å². The number of aromatic nitrogens is 3. The second kappa shape index (κ2) is 7.35. The monoisotopic (exact) mass is 351 g/mol. The quantitative estimate of drug-likeness (QED) is 0.703. The average molecular weight is 351 g/mol. The maximum absolute atomic E-state index is 11.4. The van der Waals surface area contributed by atoms with Crippen LogP contribution in [0.4, 0.5) is 5.69 Å². The maximum Gasteiger partial charge on any atom is 0.271 e. The number of fused-ring (bicyclic) bond motifs is 1. The molecule has 0 radical (unpaired) electrons. The molecule has 0 fully saturated rings. The lowest BCUT2D eigenvalue weighted by Crippen LogP contribution is -2.17. The van der Waals surface area contributed by atoms with E-state index in [0.717, 1.165) is 30.5 Å². The first-order valence-electron chi connectivity index (χ1n) is 8.35. The molecule has 0 bridgehead atoms. The summed E-state index contributed by atoms with van der Waals surface area (Å²) in [7, 11) is 1.61. The number of nitrogens with zero attached hydrogens (tertiary/aromatic N) is 3. The van der Waals surface area contributed by atoms with Gasteiger partial charge >= 0.3 is 0 Å². The first-order chi connectivity index (χ1) is 12.5. The van der Waals surface area contributed by atoms with Gasteiger partial charge in [-0.15, -0.1) is 10.2 Å². The van der Waals surface area contributed by atoms with E-state index in [9.17, 15) is 4.79 Å². The third kappa shape index (κ3) is 3.42.